The molecule has 0 radical (unpaired) electrons. The van der Waals surface area contributed by atoms with Crippen molar-refractivity contribution < 1.29 is 36.9 Å². The van der Waals surface area contributed by atoms with Crippen LogP contribution in [-0.2, 0) is 17.3 Å². The maximum Gasteiger partial charge on any atom is 0.416 e. The maximum absolute atomic E-state index is 13.4. The smallest absolute Gasteiger partial charge is 0.416 e. The molecular formula is C23H21F3O6. The quantitative estimate of drug-likeness (QED) is 0.589. The van der Waals surface area contributed by atoms with Crippen molar-refractivity contribution in [2.45, 2.75) is 38.1 Å². The van der Waals surface area contributed by atoms with Crippen molar-refractivity contribution in [2.24, 2.45) is 0 Å². The fourth-order valence-electron chi connectivity index (χ4n) is 3.64. The molecule has 1 atom stereocenters. The van der Waals surface area contributed by atoms with Gasteiger partial charge in [0.15, 0.2) is 6.79 Å². The number of methoxy groups -OCH3 is 1. The first-order valence-corrected chi connectivity index (χ1v) is 9.80. The summed E-state index contributed by atoms with van der Waals surface area (Å²) in [5.41, 5.74) is -1.24. The lowest BCUT2D eigenvalue weighted by Gasteiger charge is -2.37. The van der Waals surface area contributed by atoms with E-state index >= 15 is 0 Å². The predicted molar refractivity (Wildman–Crippen MR) is 110 cm³/mol. The van der Waals surface area contributed by atoms with E-state index in [0.29, 0.717) is 11.3 Å². The van der Waals surface area contributed by atoms with Gasteiger partial charge in [-0.05, 0) is 31.5 Å². The molecule has 9 heteroatoms. The van der Waals surface area contributed by atoms with Gasteiger partial charge in [-0.3, -0.25) is 4.79 Å². The Kier molecular flexibility index (Phi) is 5.42. The molecule has 6 nitrogen and oxygen atoms in total. The summed E-state index contributed by atoms with van der Waals surface area (Å²) in [6.45, 7) is 3.32. The van der Waals surface area contributed by atoms with Gasteiger partial charge in [0.05, 0.1) is 17.2 Å². The summed E-state index contributed by atoms with van der Waals surface area (Å²) < 4.78 is 60.9. The highest BCUT2D eigenvalue weighted by Crippen LogP contribution is 2.43. The topological polar surface area (TPSA) is 78.1 Å². The Hall–Kier alpha value is -3.04. The molecule has 0 aliphatic carbocycles. The van der Waals surface area contributed by atoms with Gasteiger partial charge in [0, 0.05) is 25.2 Å². The van der Waals surface area contributed by atoms with Gasteiger partial charge in [-0.2, -0.15) is 13.2 Å². The Balaban J connectivity index is 1.91. The Bertz CT molecular complexity index is 1210. The summed E-state index contributed by atoms with van der Waals surface area (Å²) in [6.07, 6.45) is -3.98. The van der Waals surface area contributed by atoms with Crippen LogP contribution in [0.5, 0.6) is 11.5 Å². The van der Waals surface area contributed by atoms with Crippen LogP contribution in [0.1, 0.15) is 25.0 Å². The molecule has 32 heavy (non-hydrogen) atoms. The van der Waals surface area contributed by atoms with Crippen LogP contribution in [0, 0.1) is 0 Å². The number of aliphatic hydroxyl groups is 1. The van der Waals surface area contributed by atoms with E-state index in [9.17, 15) is 23.1 Å². The number of halogens is 3. The molecule has 1 N–H and O–H groups in total. The summed E-state index contributed by atoms with van der Waals surface area (Å²) >= 11 is 0. The maximum atomic E-state index is 13.4. The van der Waals surface area contributed by atoms with Crippen molar-refractivity contribution in [3.63, 3.8) is 0 Å². The molecule has 0 saturated heterocycles. The molecule has 0 saturated carbocycles. The number of benzene rings is 2. The third-order valence-corrected chi connectivity index (χ3v) is 5.50. The lowest BCUT2D eigenvalue weighted by molar-refractivity contribution is -0.137. The molecule has 0 fully saturated rings. The number of hydrogen-bond donors (Lipinski definition) is 1. The fourth-order valence-corrected chi connectivity index (χ4v) is 3.64. The van der Waals surface area contributed by atoms with E-state index in [1.165, 1.54) is 31.6 Å². The van der Waals surface area contributed by atoms with Crippen LogP contribution in [0.15, 0.2) is 45.8 Å². The van der Waals surface area contributed by atoms with Crippen molar-refractivity contribution in [3.8, 4) is 22.6 Å². The highest BCUT2D eigenvalue weighted by Gasteiger charge is 2.39. The molecule has 2 aromatic carbocycles. The van der Waals surface area contributed by atoms with Crippen molar-refractivity contribution in [1.29, 1.82) is 0 Å². The number of aliphatic hydroxyl groups excluding tert-OH is 1. The third kappa shape index (κ3) is 3.82. The number of hydrogen-bond acceptors (Lipinski definition) is 6. The van der Waals surface area contributed by atoms with Gasteiger partial charge in [-0.25, -0.2) is 0 Å². The molecule has 1 aliphatic heterocycles. The largest absolute Gasteiger partial charge is 0.484 e. The van der Waals surface area contributed by atoms with Crippen molar-refractivity contribution in [3.05, 3.63) is 57.9 Å². The minimum atomic E-state index is -4.48. The molecule has 0 bridgehead atoms. The predicted octanol–water partition coefficient (Wildman–Crippen LogP) is 4.54. The fraction of sp³-hybridized carbons (Fsp3) is 0.348. The first kappa shape index (κ1) is 22.2. The second-order valence-electron chi connectivity index (χ2n) is 8.09. The molecule has 4 rings (SSSR count). The van der Waals surface area contributed by atoms with E-state index in [1.54, 1.807) is 13.8 Å². The summed E-state index contributed by atoms with van der Waals surface area (Å²) in [4.78, 5) is 13.4. The van der Waals surface area contributed by atoms with E-state index in [4.69, 9.17) is 18.6 Å². The highest BCUT2D eigenvalue weighted by atomic mass is 19.4. The minimum Gasteiger partial charge on any atom is -0.484 e. The first-order chi connectivity index (χ1) is 15.0. The van der Waals surface area contributed by atoms with Gasteiger partial charge in [0.25, 0.3) is 0 Å². The van der Waals surface area contributed by atoms with Crippen molar-refractivity contribution >= 4 is 11.0 Å². The Morgan fingerprint density at radius 3 is 2.53 bits per heavy atom. The zero-order chi connectivity index (χ0) is 23.3. The Morgan fingerprint density at radius 1 is 1.22 bits per heavy atom. The molecule has 170 valence electrons. The van der Waals surface area contributed by atoms with E-state index in [0.717, 1.165) is 12.1 Å². The van der Waals surface area contributed by atoms with E-state index < -0.39 is 28.9 Å². The average molecular weight is 450 g/mol. The molecule has 1 aromatic heterocycles. The summed E-state index contributed by atoms with van der Waals surface area (Å²) in [6, 6.07) is 5.77. The highest BCUT2D eigenvalue weighted by molar-refractivity contribution is 5.90. The molecular weight excluding hydrogens is 429 g/mol. The van der Waals surface area contributed by atoms with Crippen LogP contribution in [0.25, 0.3) is 22.1 Å². The Labute approximate surface area is 181 Å². The van der Waals surface area contributed by atoms with Crippen LogP contribution in [-0.4, -0.2) is 30.7 Å². The van der Waals surface area contributed by atoms with Gasteiger partial charge in [-0.1, -0.05) is 12.1 Å². The average Bonchev–Trinajstić information content (AvgIpc) is 2.72. The monoisotopic (exact) mass is 450 g/mol. The third-order valence-electron chi connectivity index (χ3n) is 5.50. The number of fused-ring (bicyclic) bond motifs is 3. The molecule has 1 unspecified atom stereocenters. The standard InChI is InChI=1S/C23H21F3O6/c1-22(2)18(27)8-14-16(31-11-29-3)9-17-19(21(14)32-22)20(28)15(10-30-17)12-4-6-13(7-5-12)23(24,25)26/h4-7,9-10,18,27H,8,11H2,1-3H3. The molecule has 3 aromatic rings. The number of alkyl halides is 3. The zero-order valence-electron chi connectivity index (χ0n) is 17.6. The normalized spacial score (nSPS) is 17.7. The van der Waals surface area contributed by atoms with Gasteiger partial charge in [0.2, 0.25) is 5.43 Å². The van der Waals surface area contributed by atoms with E-state index in [1.807, 2.05) is 0 Å². The summed E-state index contributed by atoms with van der Waals surface area (Å²) in [5.74, 6) is 0.556. The molecule has 1 aliphatic rings. The minimum absolute atomic E-state index is 0.0642. The summed E-state index contributed by atoms with van der Waals surface area (Å²) in [7, 11) is 1.46. The second-order valence-corrected chi connectivity index (χ2v) is 8.09. The van der Waals surface area contributed by atoms with Crippen LogP contribution >= 0.6 is 0 Å². The van der Waals surface area contributed by atoms with Crippen molar-refractivity contribution in [1.82, 2.24) is 0 Å². The SMILES string of the molecule is COCOc1cc2occ(-c3ccc(C(F)(F)F)cc3)c(=O)c2c2c1CC(O)C(C)(C)O2. The van der Waals surface area contributed by atoms with Crippen LogP contribution in [0.4, 0.5) is 13.2 Å². The van der Waals surface area contributed by atoms with Gasteiger partial charge in [0.1, 0.15) is 34.3 Å². The Morgan fingerprint density at radius 2 is 1.91 bits per heavy atom. The van der Waals surface area contributed by atoms with Crippen LogP contribution < -0.4 is 14.9 Å². The van der Waals surface area contributed by atoms with E-state index in [2.05, 4.69) is 0 Å². The number of ether oxygens (including phenoxy) is 3. The van der Waals surface area contributed by atoms with Crippen LogP contribution in [0.3, 0.4) is 0 Å². The number of rotatable bonds is 4. The van der Waals surface area contributed by atoms with Crippen molar-refractivity contribution in [2.75, 3.05) is 13.9 Å². The lowest BCUT2D eigenvalue weighted by Crippen LogP contribution is -2.46. The summed E-state index contributed by atoms with van der Waals surface area (Å²) in [5, 5.41) is 10.6. The molecule has 2 heterocycles. The first-order valence-electron chi connectivity index (χ1n) is 9.80. The van der Waals surface area contributed by atoms with E-state index in [-0.39, 0.29) is 41.1 Å². The van der Waals surface area contributed by atoms with Gasteiger partial charge >= 0.3 is 6.18 Å². The molecule has 0 amide bonds. The molecule has 0 spiro atoms. The van der Waals surface area contributed by atoms with Crippen LogP contribution in [0.2, 0.25) is 0 Å². The second kappa shape index (κ2) is 7.83. The van der Waals surface area contributed by atoms with Gasteiger partial charge < -0.3 is 23.7 Å². The lowest BCUT2D eigenvalue weighted by atomic mass is 9.89. The zero-order valence-corrected chi connectivity index (χ0v) is 17.6. The van der Waals surface area contributed by atoms with Gasteiger partial charge in [-0.15, -0.1) is 0 Å².